The fourth-order valence-electron chi connectivity index (χ4n) is 5.02. The molecule has 36 heavy (non-hydrogen) atoms. The van der Waals surface area contributed by atoms with Gasteiger partial charge in [-0.25, -0.2) is 9.18 Å². The Bertz CT molecular complexity index is 1220. The lowest BCUT2D eigenvalue weighted by atomic mass is 9.80. The first-order chi connectivity index (χ1) is 17.0. The molecule has 3 aromatic rings. The van der Waals surface area contributed by atoms with E-state index in [1.165, 1.54) is 12.1 Å². The van der Waals surface area contributed by atoms with Gasteiger partial charge in [-0.2, -0.15) is 0 Å². The number of hydrogen-bond acceptors (Lipinski definition) is 4. The number of benzene rings is 2. The minimum atomic E-state index is -1.07. The number of halogens is 1. The maximum absolute atomic E-state index is 13.6. The van der Waals surface area contributed by atoms with Crippen LogP contribution in [0, 0.1) is 12.7 Å². The third-order valence-corrected chi connectivity index (χ3v) is 6.85. The van der Waals surface area contributed by atoms with Crippen LogP contribution in [0.2, 0.25) is 0 Å². The van der Waals surface area contributed by atoms with Crippen molar-refractivity contribution >= 4 is 6.09 Å². The molecule has 6 nitrogen and oxygen atoms in total. The number of carbonyl (C=O) groups is 1. The second-order valence-electron chi connectivity index (χ2n) is 10.2. The highest BCUT2D eigenvalue weighted by molar-refractivity contribution is 5.70. The van der Waals surface area contributed by atoms with Crippen LogP contribution in [0.5, 0.6) is 0 Å². The molecule has 0 saturated carbocycles. The van der Waals surface area contributed by atoms with Gasteiger partial charge in [0.05, 0.1) is 11.6 Å². The molecule has 2 aromatic carbocycles. The van der Waals surface area contributed by atoms with Gasteiger partial charge in [0, 0.05) is 43.2 Å². The molecule has 1 amide bonds. The van der Waals surface area contributed by atoms with Gasteiger partial charge in [0.25, 0.3) is 0 Å². The zero-order chi connectivity index (χ0) is 26.1. The molecule has 0 spiro atoms. The lowest BCUT2D eigenvalue weighted by Crippen LogP contribution is -2.51. The number of aromatic nitrogens is 1. The van der Waals surface area contributed by atoms with Crippen molar-refractivity contribution < 1.29 is 28.6 Å². The van der Waals surface area contributed by atoms with Gasteiger partial charge in [-0.1, -0.05) is 36.4 Å². The molecule has 0 unspecified atom stereocenters. The smallest absolute Gasteiger partial charge is 0.411 e. The van der Waals surface area contributed by atoms with Crippen molar-refractivity contribution in [2.75, 3.05) is 13.7 Å². The number of aryl methyl sites for hydroxylation is 1. The Morgan fingerprint density at radius 2 is 1.81 bits per heavy atom. The molecule has 0 aliphatic carbocycles. The average Bonchev–Trinajstić information content (AvgIpc) is 2.83. The van der Waals surface area contributed by atoms with Crippen LogP contribution in [0.3, 0.4) is 0 Å². The lowest BCUT2D eigenvalue weighted by molar-refractivity contribution is -0.889. The number of ether oxygens (including phenoxy) is 1. The van der Waals surface area contributed by atoms with E-state index in [2.05, 4.69) is 6.07 Å². The van der Waals surface area contributed by atoms with Gasteiger partial charge in [0.2, 0.25) is 11.9 Å². The molecular weight excluding hydrogens is 459 g/mol. The van der Waals surface area contributed by atoms with Gasteiger partial charge >= 0.3 is 6.09 Å². The molecule has 1 fully saturated rings. The van der Waals surface area contributed by atoms with Gasteiger partial charge in [-0.15, -0.1) is 0 Å². The van der Waals surface area contributed by atoms with Crippen LogP contribution in [0.4, 0.5) is 9.18 Å². The first-order valence-corrected chi connectivity index (χ1v) is 12.2. The van der Waals surface area contributed by atoms with E-state index in [0.717, 1.165) is 22.4 Å². The van der Waals surface area contributed by atoms with Gasteiger partial charge in [0.15, 0.2) is 0 Å². The maximum Gasteiger partial charge on any atom is 0.411 e. The van der Waals surface area contributed by atoms with E-state index >= 15 is 0 Å². The SMILES string of the molecule is CO[n+]1ccc(-c2ccc([C@H](C)N3CC[C@](CC(C)(C)O)(c4ccc(F)cc4)OC3=O)cc2)cc1C. The summed E-state index contributed by atoms with van der Waals surface area (Å²) in [6.07, 6.45) is 2.13. The minimum absolute atomic E-state index is 0.201. The van der Waals surface area contributed by atoms with Crippen LogP contribution in [-0.2, 0) is 10.3 Å². The van der Waals surface area contributed by atoms with Crippen LogP contribution < -0.4 is 9.57 Å². The Morgan fingerprint density at radius 3 is 2.36 bits per heavy atom. The summed E-state index contributed by atoms with van der Waals surface area (Å²) in [4.78, 5) is 20.2. The first-order valence-electron chi connectivity index (χ1n) is 12.2. The third kappa shape index (κ3) is 5.36. The van der Waals surface area contributed by atoms with Gasteiger partial charge < -0.3 is 14.7 Å². The summed E-state index contributed by atoms with van der Waals surface area (Å²) < 4.78 is 21.3. The number of nitrogens with zero attached hydrogens (tertiary/aromatic N) is 2. The Balaban J connectivity index is 1.53. The fourth-order valence-corrected chi connectivity index (χ4v) is 5.02. The molecule has 1 saturated heterocycles. The maximum atomic E-state index is 13.6. The summed E-state index contributed by atoms with van der Waals surface area (Å²) in [5.41, 5.74) is 2.71. The normalized spacial score (nSPS) is 19.1. The highest BCUT2D eigenvalue weighted by Gasteiger charge is 2.46. The molecule has 0 bridgehead atoms. The van der Waals surface area contributed by atoms with Gasteiger partial charge in [-0.3, -0.25) is 4.84 Å². The van der Waals surface area contributed by atoms with Crippen molar-refractivity contribution in [1.29, 1.82) is 0 Å². The number of rotatable bonds is 7. The molecule has 1 N–H and O–H groups in total. The summed E-state index contributed by atoms with van der Waals surface area (Å²) in [7, 11) is 1.63. The molecule has 2 atom stereocenters. The number of pyridine rings is 1. The van der Waals surface area contributed by atoms with E-state index in [4.69, 9.17) is 9.57 Å². The highest BCUT2D eigenvalue weighted by atomic mass is 19.1. The van der Waals surface area contributed by atoms with Crippen LogP contribution in [0.25, 0.3) is 11.1 Å². The molecule has 190 valence electrons. The standard InChI is InChI=1S/C29H34FN2O4/c1-20-18-24(14-16-32(20)35-5)23-8-6-22(7-9-23)21(2)31-17-15-29(36-27(31)33,19-28(3,4)34)25-10-12-26(30)13-11-25/h6-14,16,18,21,34H,15,17,19H2,1-5H3/q+1/t21-,29-/m0/s1. The second-order valence-corrected chi connectivity index (χ2v) is 10.2. The molecule has 2 heterocycles. The molecule has 1 aromatic heterocycles. The number of cyclic esters (lactones) is 1. The summed E-state index contributed by atoms with van der Waals surface area (Å²) >= 11 is 0. The molecule has 7 heteroatoms. The van der Waals surface area contributed by atoms with Crippen LogP contribution >= 0.6 is 0 Å². The van der Waals surface area contributed by atoms with E-state index < -0.39 is 17.3 Å². The van der Waals surface area contributed by atoms with E-state index in [1.54, 1.807) is 42.7 Å². The van der Waals surface area contributed by atoms with Crippen molar-refractivity contribution in [1.82, 2.24) is 4.90 Å². The predicted octanol–water partition coefficient (Wildman–Crippen LogP) is 5.11. The summed E-state index contributed by atoms with van der Waals surface area (Å²) in [5, 5.41) is 10.6. The van der Waals surface area contributed by atoms with Gasteiger partial charge in [-0.05, 0) is 55.2 Å². The molecule has 0 radical (unpaired) electrons. The van der Waals surface area contributed by atoms with Gasteiger partial charge in [0.1, 0.15) is 18.5 Å². The monoisotopic (exact) mass is 493 g/mol. The van der Waals surface area contributed by atoms with E-state index in [0.29, 0.717) is 18.5 Å². The Labute approximate surface area is 211 Å². The summed E-state index contributed by atoms with van der Waals surface area (Å²) in [6, 6.07) is 18.0. The Hall–Kier alpha value is -3.45. The highest BCUT2D eigenvalue weighted by Crippen LogP contribution is 2.42. The van der Waals surface area contributed by atoms with E-state index in [-0.39, 0.29) is 18.3 Å². The van der Waals surface area contributed by atoms with Crippen LogP contribution in [-0.4, -0.2) is 35.4 Å². The van der Waals surface area contributed by atoms with Crippen molar-refractivity contribution in [3.05, 3.63) is 89.5 Å². The van der Waals surface area contributed by atoms with Crippen molar-refractivity contribution in [3.8, 4) is 11.1 Å². The zero-order valence-electron chi connectivity index (χ0n) is 21.5. The summed E-state index contributed by atoms with van der Waals surface area (Å²) in [5.74, 6) is -0.360. The largest absolute Gasteiger partial charge is 0.438 e. The van der Waals surface area contributed by atoms with Crippen molar-refractivity contribution in [3.63, 3.8) is 0 Å². The zero-order valence-corrected chi connectivity index (χ0v) is 21.5. The molecule has 1 aliphatic rings. The number of carbonyl (C=O) groups excluding carboxylic acids is 1. The predicted molar refractivity (Wildman–Crippen MR) is 135 cm³/mol. The molecule has 4 rings (SSSR count). The first kappa shape index (κ1) is 25.6. The number of amides is 1. The lowest BCUT2D eigenvalue weighted by Gasteiger charge is -2.45. The minimum Gasteiger partial charge on any atom is -0.438 e. The average molecular weight is 494 g/mol. The van der Waals surface area contributed by atoms with Crippen LogP contribution in [0.15, 0.2) is 66.9 Å². The molecule has 1 aliphatic heterocycles. The van der Waals surface area contributed by atoms with E-state index in [9.17, 15) is 14.3 Å². The number of hydrogen-bond donors (Lipinski definition) is 1. The topological polar surface area (TPSA) is 62.9 Å². The number of aliphatic hydroxyl groups is 1. The third-order valence-electron chi connectivity index (χ3n) is 6.85. The quantitative estimate of drug-likeness (QED) is 0.465. The molecular formula is C29H34FN2O4+. The Morgan fingerprint density at radius 1 is 1.14 bits per heavy atom. The Kier molecular flexibility index (Phi) is 7.05. The van der Waals surface area contributed by atoms with E-state index in [1.807, 2.05) is 50.4 Å². The van der Waals surface area contributed by atoms with Crippen molar-refractivity contribution in [2.24, 2.45) is 0 Å². The summed E-state index contributed by atoms with van der Waals surface area (Å²) in [6.45, 7) is 7.78. The fraction of sp³-hybridized carbons (Fsp3) is 0.379. The second kappa shape index (κ2) is 9.90. The van der Waals surface area contributed by atoms with Crippen LogP contribution in [0.1, 0.15) is 56.5 Å². The van der Waals surface area contributed by atoms with Crippen molar-refractivity contribution in [2.45, 2.75) is 57.8 Å².